The highest BCUT2D eigenvalue weighted by atomic mass is 19.4. The minimum Gasteiger partial charge on any atom is -0.445 e. The van der Waals surface area contributed by atoms with Gasteiger partial charge in [0.1, 0.15) is 12.2 Å². The van der Waals surface area contributed by atoms with E-state index >= 15 is 0 Å². The number of amides is 3. The molecule has 0 radical (unpaired) electrons. The molecule has 12 heteroatoms. The van der Waals surface area contributed by atoms with E-state index in [1.165, 1.54) is 4.90 Å². The van der Waals surface area contributed by atoms with Crippen LogP contribution in [0, 0.1) is 11.3 Å². The predicted molar refractivity (Wildman–Crippen MR) is 151 cm³/mol. The highest BCUT2D eigenvalue weighted by molar-refractivity contribution is 5.84. The summed E-state index contributed by atoms with van der Waals surface area (Å²) in [6.07, 6.45) is -3.88. The normalized spacial score (nSPS) is 22.1. The molecule has 1 aromatic heterocycles. The molecule has 43 heavy (non-hydrogen) atoms. The van der Waals surface area contributed by atoms with Crippen LogP contribution in [0.5, 0.6) is 0 Å². The fraction of sp³-hybridized carbons (Fsp3) is 0.548. The smallest absolute Gasteiger partial charge is 0.417 e. The molecule has 1 saturated carbocycles. The predicted octanol–water partition coefficient (Wildman–Crippen LogP) is 6.13. The van der Waals surface area contributed by atoms with Gasteiger partial charge in [-0.05, 0) is 63.1 Å². The summed E-state index contributed by atoms with van der Waals surface area (Å²) >= 11 is 0. The first kappa shape index (κ1) is 32.1. The first-order valence-electron chi connectivity index (χ1n) is 14.4. The molecule has 0 unspecified atom stereocenters. The van der Waals surface area contributed by atoms with Gasteiger partial charge in [-0.3, -0.25) is 9.78 Å². The van der Waals surface area contributed by atoms with E-state index in [-0.39, 0.29) is 48.8 Å². The average Bonchev–Trinajstić information content (AvgIpc) is 3.35. The second-order valence-corrected chi connectivity index (χ2v) is 12.6. The number of rotatable bonds is 6. The number of benzene rings is 1. The minimum absolute atomic E-state index is 0.00905. The van der Waals surface area contributed by atoms with E-state index in [1.54, 1.807) is 20.8 Å². The SMILES string of the molecule is CC(C)[C@]1(C(=O)N2Cc3cc(C(F)(F)F)cnc3[C@H](NC(=O)OC(C)(C)C)C2)CC[C@@H](NC(=O)OCc2ccccc2)C1. The second-order valence-electron chi connectivity index (χ2n) is 12.6. The van der Waals surface area contributed by atoms with Gasteiger partial charge in [0.25, 0.3) is 0 Å². The lowest BCUT2D eigenvalue weighted by Gasteiger charge is -2.41. The molecule has 0 saturated heterocycles. The maximum absolute atomic E-state index is 14.3. The molecule has 1 aromatic carbocycles. The number of alkyl halides is 3. The van der Waals surface area contributed by atoms with E-state index in [2.05, 4.69) is 15.6 Å². The Morgan fingerprint density at radius 2 is 1.79 bits per heavy atom. The van der Waals surface area contributed by atoms with Crippen molar-refractivity contribution in [2.75, 3.05) is 6.54 Å². The molecule has 3 amide bonds. The molecule has 4 rings (SSSR count). The zero-order valence-electron chi connectivity index (χ0n) is 25.1. The van der Waals surface area contributed by atoms with Crippen molar-refractivity contribution < 1.29 is 37.0 Å². The molecule has 9 nitrogen and oxygen atoms in total. The Kier molecular flexibility index (Phi) is 9.27. The third kappa shape index (κ3) is 7.77. The van der Waals surface area contributed by atoms with Gasteiger partial charge in [0.2, 0.25) is 5.91 Å². The number of nitrogens with one attached hydrogen (secondary N) is 2. The summed E-state index contributed by atoms with van der Waals surface area (Å²) in [6.45, 7) is 8.95. The number of aromatic nitrogens is 1. The summed E-state index contributed by atoms with van der Waals surface area (Å²) in [6, 6.07) is 9.05. The summed E-state index contributed by atoms with van der Waals surface area (Å²) in [4.78, 5) is 45.0. The Balaban J connectivity index is 1.52. The van der Waals surface area contributed by atoms with Crippen LogP contribution in [-0.2, 0) is 33.6 Å². The standard InChI is InChI=1S/C31H39F3N4O5/c1-19(2)30(12-11-23(14-30)36-27(40)42-18-20-9-7-6-8-10-20)26(39)38-16-21-13-22(31(32,33)34)15-35-25(21)24(17-38)37-28(41)43-29(3,4)5/h6-10,13,15,19,23-24H,11-12,14,16-18H2,1-5H3,(H,36,40)(H,37,41)/t23-,24-,30+/m1/s1. The number of pyridine rings is 1. The van der Waals surface area contributed by atoms with Gasteiger partial charge in [0.15, 0.2) is 0 Å². The lowest BCUT2D eigenvalue weighted by Crippen LogP contribution is -2.52. The number of fused-ring (bicyclic) bond motifs is 1. The van der Waals surface area contributed by atoms with E-state index in [1.807, 2.05) is 44.2 Å². The van der Waals surface area contributed by atoms with Gasteiger partial charge in [-0.25, -0.2) is 9.59 Å². The number of carbonyl (C=O) groups excluding carboxylic acids is 3. The number of nitrogens with zero attached hydrogens (tertiary/aromatic N) is 2. The van der Waals surface area contributed by atoms with Crippen LogP contribution in [0.4, 0.5) is 22.8 Å². The van der Waals surface area contributed by atoms with E-state index < -0.39 is 41.0 Å². The Bertz CT molecular complexity index is 1330. The van der Waals surface area contributed by atoms with Crippen LogP contribution in [-0.4, -0.2) is 46.2 Å². The van der Waals surface area contributed by atoms with Crippen molar-refractivity contribution in [2.24, 2.45) is 11.3 Å². The molecular formula is C31H39F3N4O5. The van der Waals surface area contributed by atoms with Crippen molar-refractivity contribution in [3.8, 4) is 0 Å². The van der Waals surface area contributed by atoms with Crippen molar-refractivity contribution in [3.63, 3.8) is 0 Å². The third-order valence-corrected chi connectivity index (χ3v) is 8.02. The van der Waals surface area contributed by atoms with Crippen molar-refractivity contribution in [1.82, 2.24) is 20.5 Å². The molecule has 0 bridgehead atoms. The molecule has 2 heterocycles. The van der Waals surface area contributed by atoms with Gasteiger partial charge in [0, 0.05) is 25.3 Å². The lowest BCUT2D eigenvalue weighted by molar-refractivity contribution is -0.146. The molecule has 0 spiro atoms. The minimum atomic E-state index is -4.62. The monoisotopic (exact) mass is 604 g/mol. The lowest BCUT2D eigenvalue weighted by atomic mass is 9.73. The van der Waals surface area contributed by atoms with E-state index in [0.717, 1.165) is 17.8 Å². The van der Waals surface area contributed by atoms with Crippen LogP contribution >= 0.6 is 0 Å². The molecule has 1 aliphatic heterocycles. The number of hydrogen-bond donors (Lipinski definition) is 2. The Morgan fingerprint density at radius 3 is 2.42 bits per heavy atom. The van der Waals surface area contributed by atoms with Crippen LogP contribution < -0.4 is 10.6 Å². The number of hydrogen-bond acceptors (Lipinski definition) is 6. The summed E-state index contributed by atoms with van der Waals surface area (Å²) in [7, 11) is 0. The van der Waals surface area contributed by atoms with Crippen LogP contribution in [0.25, 0.3) is 0 Å². The molecule has 234 valence electrons. The average molecular weight is 605 g/mol. The summed E-state index contributed by atoms with van der Waals surface area (Å²) in [5.74, 6) is -0.381. The molecule has 1 aliphatic carbocycles. The first-order chi connectivity index (χ1) is 20.1. The Hall–Kier alpha value is -3.83. The number of carbonyl (C=O) groups is 3. The summed E-state index contributed by atoms with van der Waals surface area (Å²) in [5, 5.41) is 5.57. The highest BCUT2D eigenvalue weighted by Gasteiger charge is 2.51. The van der Waals surface area contributed by atoms with Crippen LogP contribution in [0.15, 0.2) is 42.6 Å². The number of ether oxygens (including phenoxy) is 2. The van der Waals surface area contributed by atoms with Gasteiger partial charge < -0.3 is 25.0 Å². The second kappa shape index (κ2) is 12.4. The number of alkyl carbamates (subject to hydrolysis) is 2. The molecule has 1 fully saturated rings. The van der Waals surface area contributed by atoms with E-state index in [4.69, 9.17) is 9.47 Å². The van der Waals surface area contributed by atoms with Gasteiger partial charge in [0.05, 0.1) is 22.7 Å². The third-order valence-electron chi connectivity index (χ3n) is 8.02. The van der Waals surface area contributed by atoms with Gasteiger partial charge in [-0.2, -0.15) is 13.2 Å². The Morgan fingerprint density at radius 1 is 1.09 bits per heavy atom. The van der Waals surface area contributed by atoms with E-state index in [9.17, 15) is 27.6 Å². The van der Waals surface area contributed by atoms with Crippen molar-refractivity contribution in [3.05, 3.63) is 65.0 Å². The van der Waals surface area contributed by atoms with Crippen LogP contribution in [0.3, 0.4) is 0 Å². The van der Waals surface area contributed by atoms with Gasteiger partial charge in [-0.15, -0.1) is 0 Å². The van der Waals surface area contributed by atoms with Crippen molar-refractivity contribution in [2.45, 2.75) is 90.9 Å². The number of halogens is 3. The Labute approximate surface area is 249 Å². The largest absolute Gasteiger partial charge is 0.445 e. The zero-order chi connectivity index (χ0) is 31.6. The fourth-order valence-electron chi connectivity index (χ4n) is 5.82. The topological polar surface area (TPSA) is 110 Å². The maximum Gasteiger partial charge on any atom is 0.417 e. The zero-order valence-corrected chi connectivity index (χ0v) is 25.1. The van der Waals surface area contributed by atoms with Crippen molar-refractivity contribution in [1.29, 1.82) is 0 Å². The quantitative estimate of drug-likeness (QED) is 0.411. The molecule has 2 aromatic rings. The fourth-order valence-corrected chi connectivity index (χ4v) is 5.82. The van der Waals surface area contributed by atoms with Crippen LogP contribution in [0.1, 0.15) is 82.3 Å². The van der Waals surface area contributed by atoms with Gasteiger partial charge in [-0.1, -0.05) is 44.2 Å². The summed E-state index contributed by atoms with van der Waals surface area (Å²) in [5.41, 5.74) is -1.31. The molecule has 2 N–H and O–H groups in total. The molecular weight excluding hydrogens is 565 g/mol. The summed E-state index contributed by atoms with van der Waals surface area (Å²) < 4.78 is 51.4. The maximum atomic E-state index is 14.3. The van der Waals surface area contributed by atoms with E-state index in [0.29, 0.717) is 19.3 Å². The first-order valence-corrected chi connectivity index (χ1v) is 14.4. The molecule has 2 aliphatic rings. The van der Waals surface area contributed by atoms with Gasteiger partial charge >= 0.3 is 18.4 Å². The van der Waals surface area contributed by atoms with Crippen molar-refractivity contribution >= 4 is 18.1 Å². The highest BCUT2D eigenvalue weighted by Crippen LogP contribution is 2.47. The van der Waals surface area contributed by atoms with Crippen LogP contribution in [0.2, 0.25) is 0 Å². The molecule has 3 atom stereocenters.